The van der Waals surface area contributed by atoms with Gasteiger partial charge in [0.15, 0.2) is 0 Å². The smallest absolute Gasteiger partial charge is 0.123 e. The minimum absolute atomic E-state index is 0.194. The Bertz CT molecular complexity index is 1190. The molecule has 1 aliphatic rings. The molecule has 30 heavy (non-hydrogen) atoms. The number of pyridine rings is 1. The van der Waals surface area contributed by atoms with Crippen molar-refractivity contribution in [3.8, 4) is 5.75 Å². The molecular weight excluding hydrogens is 377 g/mol. The Morgan fingerprint density at radius 2 is 1.83 bits per heavy atom. The molecule has 1 fully saturated rings. The Kier molecular flexibility index (Phi) is 4.89. The van der Waals surface area contributed by atoms with Crippen LogP contribution in [0.2, 0.25) is 0 Å². The van der Waals surface area contributed by atoms with Crippen molar-refractivity contribution in [1.29, 1.82) is 0 Å². The van der Waals surface area contributed by atoms with E-state index >= 15 is 0 Å². The standard InChI is InChI=1S/C25H26FN3O/c1-15(25-28-23-10-8-19(30-2)14-24(23)29-25)16-3-5-17(6-4-16)20-11-12-27-22-9-7-18(26)13-21(20)22/h7-17H,3-6H2,1-2H3,(H,28,29)/t15?,16-,17-. The van der Waals surface area contributed by atoms with Crippen LogP contribution in [0.1, 0.15) is 55.8 Å². The zero-order chi connectivity index (χ0) is 20.7. The highest BCUT2D eigenvalue weighted by Crippen LogP contribution is 2.43. The Hall–Kier alpha value is -2.95. The van der Waals surface area contributed by atoms with Crippen molar-refractivity contribution in [3.05, 3.63) is 65.9 Å². The molecule has 0 saturated heterocycles. The van der Waals surface area contributed by atoms with E-state index in [0.717, 1.165) is 59.2 Å². The summed E-state index contributed by atoms with van der Waals surface area (Å²) in [5.74, 6) is 3.12. The van der Waals surface area contributed by atoms with E-state index < -0.39 is 0 Å². The summed E-state index contributed by atoms with van der Waals surface area (Å²) in [4.78, 5) is 12.7. The third-order valence-electron chi connectivity index (χ3n) is 6.79. The largest absolute Gasteiger partial charge is 0.497 e. The van der Waals surface area contributed by atoms with Crippen LogP contribution in [0.3, 0.4) is 0 Å². The second kappa shape index (κ2) is 7.71. The van der Waals surface area contributed by atoms with Gasteiger partial charge in [-0.15, -0.1) is 0 Å². The van der Waals surface area contributed by atoms with Crippen LogP contribution in [0, 0.1) is 11.7 Å². The van der Waals surface area contributed by atoms with Crippen LogP contribution in [0.5, 0.6) is 5.75 Å². The fourth-order valence-corrected chi connectivity index (χ4v) is 5.00. The molecule has 1 saturated carbocycles. The Morgan fingerprint density at radius 1 is 1.03 bits per heavy atom. The van der Waals surface area contributed by atoms with Gasteiger partial charge in [-0.25, -0.2) is 9.37 Å². The third kappa shape index (κ3) is 3.42. The van der Waals surface area contributed by atoms with E-state index in [1.165, 1.54) is 11.6 Å². The molecule has 4 aromatic rings. The number of rotatable bonds is 4. The first-order valence-electron chi connectivity index (χ1n) is 10.7. The van der Waals surface area contributed by atoms with Gasteiger partial charge in [-0.2, -0.15) is 0 Å². The number of H-pyrrole nitrogens is 1. The summed E-state index contributed by atoms with van der Waals surface area (Å²) in [6.07, 6.45) is 6.36. The molecule has 2 aromatic carbocycles. The van der Waals surface area contributed by atoms with Crippen LogP contribution >= 0.6 is 0 Å². The van der Waals surface area contributed by atoms with Crippen LogP contribution in [-0.2, 0) is 0 Å². The van der Waals surface area contributed by atoms with Gasteiger partial charge in [-0.3, -0.25) is 4.98 Å². The van der Waals surface area contributed by atoms with E-state index in [-0.39, 0.29) is 5.82 Å². The van der Waals surface area contributed by atoms with E-state index in [4.69, 9.17) is 9.72 Å². The molecule has 1 N–H and O–H groups in total. The van der Waals surface area contributed by atoms with Crippen molar-refractivity contribution in [1.82, 2.24) is 15.0 Å². The number of fused-ring (bicyclic) bond motifs is 2. The van der Waals surface area contributed by atoms with Gasteiger partial charge >= 0.3 is 0 Å². The first kappa shape index (κ1) is 19.0. The maximum atomic E-state index is 13.8. The minimum Gasteiger partial charge on any atom is -0.497 e. The van der Waals surface area contributed by atoms with Gasteiger partial charge in [0.2, 0.25) is 0 Å². The molecule has 0 aliphatic heterocycles. The molecule has 0 amide bonds. The average Bonchev–Trinajstić information content (AvgIpc) is 3.21. The molecule has 1 atom stereocenters. The molecule has 1 aliphatic carbocycles. The van der Waals surface area contributed by atoms with Crippen molar-refractivity contribution in [2.75, 3.05) is 7.11 Å². The SMILES string of the molecule is COc1ccc2nc(C(C)[C@H]3CC[C@H](c4ccnc5ccc(F)cc54)CC3)[nH]c2c1. The highest BCUT2D eigenvalue weighted by atomic mass is 19.1. The number of halogens is 1. The topological polar surface area (TPSA) is 50.8 Å². The monoisotopic (exact) mass is 403 g/mol. The van der Waals surface area contributed by atoms with Crippen molar-refractivity contribution < 1.29 is 9.13 Å². The van der Waals surface area contributed by atoms with Crippen molar-refractivity contribution >= 4 is 21.9 Å². The van der Waals surface area contributed by atoms with Crippen LogP contribution in [0.25, 0.3) is 21.9 Å². The summed E-state index contributed by atoms with van der Waals surface area (Å²) in [5, 5.41) is 0.959. The van der Waals surface area contributed by atoms with Gasteiger partial charge in [0.05, 0.1) is 23.7 Å². The number of methoxy groups -OCH3 is 1. The summed E-state index contributed by atoms with van der Waals surface area (Å²) in [5.41, 5.74) is 4.12. The maximum absolute atomic E-state index is 13.8. The first-order valence-corrected chi connectivity index (χ1v) is 10.7. The number of aromatic amines is 1. The maximum Gasteiger partial charge on any atom is 0.123 e. The first-order chi connectivity index (χ1) is 14.6. The summed E-state index contributed by atoms with van der Waals surface area (Å²) in [7, 11) is 1.68. The van der Waals surface area contributed by atoms with Gasteiger partial charge in [0.1, 0.15) is 17.4 Å². The summed E-state index contributed by atoms with van der Waals surface area (Å²) >= 11 is 0. The second-order valence-electron chi connectivity index (χ2n) is 8.47. The Morgan fingerprint density at radius 3 is 2.63 bits per heavy atom. The average molecular weight is 404 g/mol. The normalized spacial score (nSPS) is 20.5. The van der Waals surface area contributed by atoms with Crippen LogP contribution in [0.4, 0.5) is 4.39 Å². The molecule has 4 nitrogen and oxygen atoms in total. The van der Waals surface area contributed by atoms with E-state index in [1.54, 1.807) is 19.2 Å². The number of benzene rings is 2. The highest BCUT2D eigenvalue weighted by Gasteiger charge is 2.29. The zero-order valence-electron chi connectivity index (χ0n) is 17.4. The number of imidazole rings is 1. The molecule has 1 unspecified atom stereocenters. The molecule has 154 valence electrons. The van der Waals surface area contributed by atoms with Crippen LogP contribution in [-0.4, -0.2) is 22.1 Å². The second-order valence-corrected chi connectivity index (χ2v) is 8.47. The summed E-state index contributed by atoms with van der Waals surface area (Å²) < 4.78 is 19.2. The lowest BCUT2D eigenvalue weighted by Crippen LogP contribution is -2.19. The molecule has 0 bridgehead atoms. The number of nitrogens with zero attached hydrogens (tertiary/aromatic N) is 2. The fourth-order valence-electron chi connectivity index (χ4n) is 5.00. The summed E-state index contributed by atoms with van der Waals surface area (Å²) in [6.45, 7) is 2.27. The molecule has 5 rings (SSSR count). The number of aromatic nitrogens is 3. The minimum atomic E-state index is -0.194. The van der Waals surface area contributed by atoms with Crippen LogP contribution in [0.15, 0.2) is 48.7 Å². The van der Waals surface area contributed by atoms with Crippen molar-refractivity contribution in [2.45, 2.75) is 44.4 Å². The molecule has 2 heterocycles. The highest BCUT2D eigenvalue weighted by molar-refractivity contribution is 5.82. The van der Waals surface area contributed by atoms with Gasteiger partial charge in [-0.1, -0.05) is 6.92 Å². The fraction of sp³-hybridized carbons (Fsp3) is 0.360. The van der Waals surface area contributed by atoms with Crippen molar-refractivity contribution in [2.24, 2.45) is 5.92 Å². The van der Waals surface area contributed by atoms with E-state index in [9.17, 15) is 4.39 Å². The molecule has 0 spiro atoms. The Balaban J connectivity index is 1.33. The predicted molar refractivity (Wildman–Crippen MR) is 117 cm³/mol. The van der Waals surface area contributed by atoms with Crippen molar-refractivity contribution in [3.63, 3.8) is 0 Å². The molecular formula is C25H26FN3O. The molecule has 5 heteroatoms. The lowest BCUT2D eigenvalue weighted by Gasteiger charge is -2.32. The Labute approximate surface area is 175 Å². The van der Waals surface area contributed by atoms with Gasteiger partial charge < -0.3 is 9.72 Å². The quantitative estimate of drug-likeness (QED) is 0.433. The van der Waals surface area contributed by atoms with E-state index in [2.05, 4.69) is 23.0 Å². The number of nitrogens with one attached hydrogen (secondary N) is 1. The third-order valence-corrected chi connectivity index (χ3v) is 6.79. The predicted octanol–water partition coefficient (Wildman–Crippen LogP) is 6.34. The van der Waals surface area contributed by atoms with Crippen LogP contribution < -0.4 is 4.74 Å². The number of ether oxygens (including phenoxy) is 1. The van der Waals surface area contributed by atoms with E-state index in [0.29, 0.717) is 17.8 Å². The molecule has 0 radical (unpaired) electrons. The van der Waals surface area contributed by atoms with Gasteiger partial charge in [-0.05, 0) is 79.5 Å². The lowest BCUT2D eigenvalue weighted by molar-refractivity contribution is 0.286. The molecule has 2 aromatic heterocycles. The zero-order valence-corrected chi connectivity index (χ0v) is 17.4. The number of hydrogen-bond donors (Lipinski definition) is 1. The number of hydrogen-bond acceptors (Lipinski definition) is 3. The van der Waals surface area contributed by atoms with E-state index in [1.807, 2.05) is 24.4 Å². The summed E-state index contributed by atoms with van der Waals surface area (Å²) in [6, 6.07) is 12.9. The van der Waals surface area contributed by atoms with Gasteiger partial charge in [0.25, 0.3) is 0 Å². The van der Waals surface area contributed by atoms with Gasteiger partial charge in [0, 0.05) is 23.6 Å². The lowest BCUT2D eigenvalue weighted by atomic mass is 9.73.